The van der Waals surface area contributed by atoms with Gasteiger partial charge in [-0.25, -0.2) is 0 Å². The molecule has 1 aromatic rings. The second-order valence-corrected chi connectivity index (χ2v) is 6.42. The van der Waals surface area contributed by atoms with E-state index in [1.807, 2.05) is 43.1 Å². The molecule has 24 heavy (non-hydrogen) atoms. The molecule has 0 spiro atoms. The minimum absolute atomic E-state index is 0.299. The molecule has 1 saturated heterocycles. The number of ketones is 1. The molecular weight excluding hydrogens is 310 g/mol. The molecule has 2 aliphatic rings. The molecular formula is C18H25NO5. The Balaban J connectivity index is 0.000000185. The van der Waals surface area contributed by atoms with Crippen molar-refractivity contribution in [2.24, 2.45) is 5.41 Å². The molecule has 2 N–H and O–H groups in total. The van der Waals surface area contributed by atoms with Crippen LogP contribution in [0, 0.1) is 5.41 Å². The third kappa shape index (κ3) is 3.31. The fourth-order valence-corrected chi connectivity index (χ4v) is 3.44. The van der Waals surface area contributed by atoms with Crippen LogP contribution < -0.4 is 9.47 Å². The molecule has 0 saturated carbocycles. The van der Waals surface area contributed by atoms with Crippen molar-refractivity contribution in [3.8, 4) is 11.5 Å². The summed E-state index contributed by atoms with van der Waals surface area (Å²) in [6, 6.07) is 7.01. The quantitative estimate of drug-likeness (QED) is 0.791. The summed E-state index contributed by atoms with van der Waals surface area (Å²) in [6.45, 7) is 2.73. The second-order valence-electron chi connectivity index (χ2n) is 6.42. The van der Waals surface area contributed by atoms with Gasteiger partial charge in [0.2, 0.25) is 11.6 Å². The fourth-order valence-electron chi connectivity index (χ4n) is 3.44. The molecule has 0 aromatic heterocycles. The number of rotatable bonds is 2. The predicted octanol–water partition coefficient (Wildman–Crippen LogP) is 1.22. The van der Waals surface area contributed by atoms with Crippen LogP contribution in [-0.4, -0.2) is 60.5 Å². The van der Waals surface area contributed by atoms with Crippen LogP contribution in [0.15, 0.2) is 36.4 Å². The van der Waals surface area contributed by atoms with E-state index in [9.17, 15) is 15.0 Å². The number of methoxy groups -OCH3 is 2. The van der Waals surface area contributed by atoms with Crippen LogP contribution in [-0.2, 0) is 4.79 Å². The lowest BCUT2D eigenvalue weighted by molar-refractivity contribution is -0.209. The highest BCUT2D eigenvalue weighted by Crippen LogP contribution is 2.44. The van der Waals surface area contributed by atoms with Crippen molar-refractivity contribution in [1.29, 1.82) is 0 Å². The van der Waals surface area contributed by atoms with E-state index in [0.717, 1.165) is 24.5 Å². The average Bonchev–Trinajstić information content (AvgIpc) is 2.88. The normalized spacial score (nSPS) is 27.9. The number of aliphatic hydroxyl groups is 2. The number of fused-ring (bicyclic) bond motifs is 1. The van der Waals surface area contributed by atoms with Crippen LogP contribution in [0.1, 0.15) is 13.3 Å². The molecule has 0 bridgehead atoms. The summed E-state index contributed by atoms with van der Waals surface area (Å²) >= 11 is 0. The number of hydrogen-bond donors (Lipinski definition) is 2. The van der Waals surface area contributed by atoms with Crippen molar-refractivity contribution in [2.45, 2.75) is 25.2 Å². The van der Waals surface area contributed by atoms with Gasteiger partial charge < -0.3 is 19.7 Å². The number of nitrogens with zero attached hydrogens (tertiary/aromatic N) is 1. The van der Waals surface area contributed by atoms with Gasteiger partial charge in [-0.05, 0) is 38.2 Å². The van der Waals surface area contributed by atoms with E-state index >= 15 is 0 Å². The van der Waals surface area contributed by atoms with Gasteiger partial charge in [0.25, 0.3) is 0 Å². The van der Waals surface area contributed by atoms with Crippen LogP contribution in [0.2, 0.25) is 0 Å². The zero-order chi connectivity index (χ0) is 18.0. The van der Waals surface area contributed by atoms with E-state index in [-0.39, 0.29) is 5.41 Å². The summed E-state index contributed by atoms with van der Waals surface area (Å²) in [5.41, 5.74) is -0.299. The summed E-state index contributed by atoms with van der Waals surface area (Å²) in [5, 5.41) is 19.5. The Morgan fingerprint density at radius 1 is 1.17 bits per heavy atom. The zero-order valence-electron chi connectivity index (χ0n) is 14.5. The summed E-state index contributed by atoms with van der Waals surface area (Å²) in [6.07, 6.45) is 3.94. The lowest BCUT2D eigenvalue weighted by Crippen LogP contribution is -2.60. The van der Waals surface area contributed by atoms with Crippen LogP contribution in [0.4, 0.5) is 0 Å². The molecule has 1 aliphatic carbocycles. The Kier molecular flexibility index (Phi) is 5.32. The summed E-state index contributed by atoms with van der Waals surface area (Å²) in [7, 11) is 5.05. The lowest BCUT2D eigenvalue weighted by Gasteiger charge is -2.41. The van der Waals surface area contributed by atoms with Crippen molar-refractivity contribution in [3.63, 3.8) is 0 Å². The second kappa shape index (κ2) is 6.93. The maximum absolute atomic E-state index is 11.3. The van der Waals surface area contributed by atoms with Crippen LogP contribution in [0.25, 0.3) is 0 Å². The van der Waals surface area contributed by atoms with Gasteiger partial charge in [0.1, 0.15) is 0 Å². The Bertz CT molecular complexity index is 600. The van der Waals surface area contributed by atoms with Gasteiger partial charge >= 0.3 is 0 Å². The van der Waals surface area contributed by atoms with E-state index in [4.69, 9.17) is 9.47 Å². The summed E-state index contributed by atoms with van der Waals surface area (Å²) in [5.74, 6) is -1.31. The van der Waals surface area contributed by atoms with Gasteiger partial charge in [0.05, 0.1) is 20.3 Å². The molecule has 1 aliphatic heterocycles. The zero-order valence-corrected chi connectivity index (χ0v) is 14.5. The first-order chi connectivity index (χ1) is 11.3. The van der Waals surface area contributed by atoms with E-state index < -0.39 is 17.6 Å². The van der Waals surface area contributed by atoms with Crippen molar-refractivity contribution < 1.29 is 24.5 Å². The Morgan fingerprint density at radius 2 is 1.71 bits per heavy atom. The van der Waals surface area contributed by atoms with Gasteiger partial charge in [-0.15, -0.1) is 0 Å². The molecule has 6 nitrogen and oxygen atoms in total. The van der Waals surface area contributed by atoms with Crippen LogP contribution in [0.3, 0.4) is 0 Å². The first kappa shape index (κ1) is 18.4. The summed E-state index contributed by atoms with van der Waals surface area (Å²) in [4.78, 5) is 13.2. The Hall–Kier alpha value is -1.89. The predicted molar refractivity (Wildman–Crippen MR) is 90.0 cm³/mol. The molecule has 1 fully saturated rings. The molecule has 6 heteroatoms. The SMILES string of the molecule is CN1CC[C@]2(C)C=CC(=O)C(O)(O)C12.COc1ccccc1OC. The van der Waals surface area contributed by atoms with Crippen LogP contribution >= 0.6 is 0 Å². The van der Waals surface area contributed by atoms with E-state index in [1.54, 1.807) is 20.3 Å². The van der Waals surface area contributed by atoms with Crippen molar-refractivity contribution in [2.75, 3.05) is 27.8 Å². The molecule has 1 aromatic carbocycles. The molecule has 1 unspecified atom stereocenters. The van der Waals surface area contributed by atoms with Gasteiger partial charge in [-0.1, -0.05) is 25.1 Å². The molecule has 0 amide bonds. The largest absolute Gasteiger partial charge is 0.493 e. The molecule has 0 radical (unpaired) electrons. The number of likely N-dealkylation sites (tertiary alicyclic amines) is 1. The molecule has 1 heterocycles. The minimum atomic E-state index is -2.23. The third-order valence-electron chi connectivity index (χ3n) is 4.72. The number of carbonyl (C=O) groups is 1. The van der Waals surface area contributed by atoms with Gasteiger partial charge in [0.15, 0.2) is 11.5 Å². The van der Waals surface area contributed by atoms with Crippen molar-refractivity contribution >= 4 is 5.78 Å². The van der Waals surface area contributed by atoms with Crippen LogP contribution in [0.5, 0.6) is 11.5 Å². The van der Waals surface area contributed by atoms with E-state index in [2.05, 4.69) is 0 Å². The maximum atomic E-state index is 11.3. The molecule has 2 atom stereocenters. The first-order valence-corrected chi connectivity index (χ1v) is 7.82. The molecule has 132 valence electrons. The topological polar surface area (TPSA) is 79.2 Å². The maximum Gasteiger partial charge on any atom is 0.245 e. The fraction of sp³-hybridized carbons (Fsp3) is 0.500. The highest BCUT2D eigenvalue weighted by Gasteiger charge is 2.57. The molecule has 3 rings (SSSR count). The van der Waals surface area contributed by atoms with Gasteiger partial charge in [0, 0.05) is 5.41 Å². The monoisotopic (exact) mass is 335 g/mol. The number of benzene rings is 1. The van der Waals surface area contributed by atoms with Gasteiger partial charge in [-0.3, -0.25) is 9.69 Å². The van der Waals surface area contributed by atoms with Crippen molar-refractivity contribution in [1.82, 2.24) is 4.90 Å². The number of para-hydroxylation sites is 2. The van der Waals surface area contributed by atoms with E-state index in [0.29, 0.717) is 0 Å². The smallest absolute Gasteiger partial charge is 0.245 e. The lowest BCUT2D eigenvalue weighted by atomic mass is 9.73. The highest BCUT2D eigenvalue weighted by atomic mass is 16.5. The van der Waals surface area contributed by atoms with Crippen molar-refractivity contribution in [3.05, 3.63) is 36.4 Å². The number of hydrogen-bond acceptors (Lipinski definition) is 6. The number of likely N-dealkylation sites (N-methyl/N-ethyl adjacent to an activating group) is 1. The Labute approximate surface area is 142 Å². The number of carbonyl (C=O) groups excluding carboxylic acids is 1. The number of ether oxygens (including phenoxy) is 2. The Morgan fingerprint density at radius 3 is 2.21 bits per heavy atom. The summed E-state index contributed by atoms with van der Waals surface area (Å²) < 4.78 is 10.0. The first-order valence-electron chi connectivity index (χ1n) is 7.82. The van der Waals surface area contributed by atoms with E-state index in [1.165, 1.54) is 6.08 Å². The average molecular weight is 335 g/mol. The standard InChI is InChI=1S/C10H15NO3.C8H10O2/c1-9-4-3-7(12)10(13,14)8(9)11(2)6-5-9;1-9-7-5-3-4-6-8(7)10-2/h3-4,8,13-14H,5-6H2,1-2H3;3-6H,1-2H3/t8?,9-;/m0./s1. The third-order valence-corrected chi connectivity index (χ3v) is 4.72. The highest BCUT2D eigenvalue weighted by molar-refractivity contribution is 5.97. The minimum Gasteiger partial charge on any atom is -0.493 e. The van der Waals surface area contributed by atoms with Gasteiger partial charge in [-0.2, -0.15) is 0 Å².